The Kier molecular flexibility index (Phi) is 8.09. The third kappa shape index (κ3) is 5.92. The maximum atomic E-state index is 12.5. The van der Waals surface area contributed by atoms with Crippen LogP contribution in [0.25, 0.3) is 0 Å². The Morgan fingerprint density at radius 3 is 2.58 bits per heavy atom. The van der Waals surface area contributed by atoms with E-state index in [4.69, 9.17) is 14.6 Å². The first kappa shape index (κ1) is 24.3. The molecule has 7 nitrogen and oxygen atoms in total. The first-order chi connectivity index (χ1) is 15.8. The van der Waals surface area contributed by atoms with Crippen LogP contribution in [0.3, 0.4) is 0 Å². The second-order valence-corrected chi connectivity index (χ2v) is 8.31. The van der Waals surface area contributed by atoms with E-state index < -0.39 is 11.9 Å². The van der Waals surface area contributed by atoms with Gasteiger partial charge in [-0.15, -0.1) is 0 Å². The van der Waals surface area contributed by atoms with E-state index in [2.05, 4.69) is 0 Å². The van der Waals surface area contributed by atoms with Gasteiger partial charge in [-0.05, 0) is 62.1 Å². The number of phenolic OH excluding ortho intramolecular Hbond substituents is 1. The number of ketones is 2. The number of carbonyl (C=O) groups excluding carboxylic acids is 2. The normalized spacial score (nSPS) is 15.1. The van der Waals surface area contributed by atoms with Gasteiger partial charge in [0.05, 0.1) is 25.2 Å². The molecule has 7 heteroatoms. The molecule has 0 amide bonds. The summed E-state index contributed by atoms with van der Waals surface area (Å²) in [6.45, 7) is 4.22. The fourth-order valence-electron chi connectivity index (χ4n) is 4.15. The largest absolute Gasteiger partial charge is 0.507 e. The SMILES string of the molecule is CCCc1c(OCCCOc2ccc3c(c2)CCC(CC(=O)O)C3=O)ccc(C(C)=O)c1O. The van der Waals surface area contributed by atoms with Crippen LogP contribution >= 0.6 is 0 Å². The number of carboxylic acids is 1. The average Bonchev–Trinajstić information content (AvgIpc) is 2.77. The average molecular weight is 455 g/mol. The molecule has 2 N–H and O–H groups in total. The summed E-state index contributed by atoms with van der Waals surface area (Å²) in [5, 5.41) is 19.4. The van der Waals surface area contributed by atoms with E-state index in [1.54, 1.807) is 24.3 Å². The van der Waals surface area contributed by atoms with Crippen molar-refractivity contribution in [2.24, 2.45) is 5.92 Å². The number of carboxylic acid groups (broad SMARTS) is 1. The fraction of sp³-hybridized carbons (Fsp3) is 0.423. The van der Waals surface area contributed by atoms with Gasteiger partial charge in [0.25, 0.3) is 0 Å². The Labute approximate surface area is 193 Å². The summed E-state index contributed by atoms with van der Waals surface area (Å²) in [5.41, 5.74) is 2.42. The highest BCUT2D eigenvalue weighted by Gasteiger charge is 2.29. The molecule has 2 aromatic rings. The first-order valence-electron chi connectivity index (χ1n) is 11.3. The van der Waals surface area contributed by atoms with Crippen molar-refractivity contribution in [3.63, 3.8) is 0 Å². The second kappa shape index (κ2) is 11.0. The molecule has 1 atom stereocenters. The van der Waals surface area contributed by atoms with Gasteiger partial charge in [-0.25, -0.2) is 0 Å². The Morgan fingerprint density at radius 2 is 1.88 bits per heavy atom. The van der Waals surface area contributed by atoms with Crippen LogP contribution in [0, 0.1) is 5.92 Å². The lowest BCUT2D eigenvalue weighted by atomic mass is 9.81. The lowest BCUT2D eigenvalue weighted by molar-refractivity contribution is -0.137. The van der Waals surface area contributed by atoms with Crippen LogP contribution in [-0.2, 0) is 17.6 Å². The van der Waals surface area contributed by atoms with E-state index in [9.17, 15) is 19.5 Å². The molecule has 0 aromatic heterocycles. The highest BCUT2D eigenvalue weighted by molar-refractivity contribution is 6.01. The molecule has 1 aliphatic rings. The van der Waals surface area contributed by atoms with Crippen LogP contribution in [0.4, 0.5) is 0 Å². The van der Waals surface area contributed by atoms with Crippen LogP contribution in [0.2, 0.25) is 0 Å². The molecule has 3 rings (SSSR count). The molecule has 0 saturated carbocycles. The maximum absolute atomic E-state index is 12.5. The molecular weight excluding hydrogens is 424 g/mol. The Morgan fingerprint density at radius 1 is 1.12 bits per heavy atom. The van der Waals surface area contributed by atoms with Gasteiger partial charge in [-0.1, -0.05) is 13.3 Å². The van der Waals surface area contributed by atoms with Crippen molar-refractivity contribution >= 4 is 17.5 Å². The van der Waals surface area contributed by atoms with Crippen LogP contribution < -0.4 is 9.47 Å². The van der Waals surface area contributed by atoms with Gasteiger partial charge in [0.1, 0.15) is 17.2 Å². The van der Waals surface area contributed by atoms with E-state index in [-0.39, 0.29) is 23.7 Å². The molecule has 0 bridgehead atoms. The van der Waals surface area contributed by atoms with Gasteiger partial charge in [-0.2, -0.15) is 0 Å². The predicted molar refractivity (Wildman–Crippen MR) is 123 cm³/mol. The third-order valence-corrected chi connectivity index (χ3v) is 5.83. The van der Waals surface area contributed by atoms with Gasteiger partial charge in [0.2, 0.25) is 0 Å². The molecule has 0 spiro atoms. The number of ether oxygens (including phenoxy) is 2. The van der Waals surface area contributed by atoms with Gasteiger partial charge in [0.15, 0.2) is 11.6 Å². The van der Waals surface area contributed by atoms with Crippen molar-refractivity contribution < 1.29 is 34.1 Å². The molecule has 33 heavy (non-hydrogen) atoms. The molecule has 2 aromatic carbocycles. The molecule has 0 radical (unpaired) electrons. The number of aryl methyl sites for hydroxylation is 1. The minimum Gasteiger partial charge on any atom is -0.507 e. The van der Waals surface area contributed by atoms with Gasteiger partial charge < -0.3 is 19.7 Å². The first-order valence-corrected chi connectivity index (χ1v) is 11.3. The van der Waals surface area contributed by atoms with E-state index in [1.165, 1.54) is 6.92 Å². The van der Waals surface area contributed by atoms with Crippen molar-refractivity contribution in [2.75, 3.05) is 13.2 Å². The number of phenols is 1. The summed E-state index contributed by atoms with van der Waals surface area (Å²) in [7, 11) is 0. The number of aliphatic carboxylic acids is 1. The molecule has 176 valence electrons. The lowest BCUT2D eigenvalue weighted by Crippen LogP contribution is -2.25. The van der Waals surface area contributed by atoms with Crippen molar-refractivity contribution in [1.82, 2.24) is 0 Å². The zero-order valence-electron chi connectivity index (χ0n) is 19.1. The number of hydrogen-bond acceptors (Lipinski definition) is 6. The van der Waals surface area contributed by atoms with Crippen LogP contribution in [0.5, 0.6) is 17.2 Å². The van der Waals surface area contributed by atoms with Crippen LogP contribution in [0.15, 0.2) is 30.3 Å². The third-order valence-electron chi connectivity index (χ3n) is 5.83. The summed E-state index contributed by atoms with van der Waals surface area (Å²) in [6, 6.07) is 8.61. The van der Waals surface area contributed by atoms with Crippen molar-refractivity contribution in [3.8, 4) is 17.2 Å². The Balaban J connectivity index is 1.53. The highest BCUT2D eigenvalue weighted by Crippen LogP contribution is 2.33. The Bertz CT molecular complexity index is 1040. The number of Topliss-reactive ketones (excluding diaryl/α,β-unsaturated/α-hetero) is 2. The standard InChI is InChI=1S/C26H30O7/c1-3-5-22-23(11-10-20(16(2)27)26(22)31)33-13-4-12-32-19-8-9-21-17(14-19)6-7-18(25(21)30)15-24(28)29/h8-11,14,18,31H,3-7,12-13,15H2,1-2H3,(H,28,29). The summed E-state index contributed by atoms with van der Waals surface area (Å²) >= 11 is 0. The minimum atomic E-state index is -0.953. The van der Waals surface area contributed by atoms with Crippen molar-refractivity contribution in [2.45, 2.75) is 52.4 Å². The van der Waals surface area contributed by atoms with Gasteiger partial charge in [0, 0.05) is 23.5 Å². The summed E-state index contributed by atoms with van der Waals surface area (Å²) in [4.78, 5) is 35.1. The Hall–Kier alpha value is -3.35. The maximum Gasteiger partial charge on any atom is 0.304 e. The summed E-state index contributed by atoms with van der Waals surface area (Å²) in [5.74, 6) is -0.482. The molecule has 1 unspecified atom stereocenters. The zero-order valence-corrected chi connectivity index (χ0v) is 19.1. The zero-order chi connectivity index (χ0) is 24.0. The second-order valence-electron chi connectivity index (χ2n) is 8.31. The monoisotopic (exact) mass is 454 g/mol. The molecule has 0 aliphatic heterocycles. The highest BCUT2D eigenvalue weighted by atomic mass is 16.5. The van der Waals surface area contributed by atoms with E-state index in [0.717, 1.165) is 12.0 Å². The minimum absolute atomic E-state index is 0.00713. The summed E-state index contributed by atoms with van der Waals surface area (Å²) < 4.78 is 11.7. The number of hydrogen-bond donors (Lipinski definition) is 2. The number of rotatable bonds is 11. The number of benzene rings is 2. The smallest absolute Gasteiger partial charge is 0.304 e. The fourth-order valence-corrected chi connectivity index (χ4v) is 4.15. The number of carbonyl (C=O) groups is 3. The molecule has 0 heterocycles. The molecule has 0 saturated heterocycles. The van der Waals surface area contributed by atoms with Gasteiger partial charge >= 0.3 is 5.97 Å². The predicted octanol–water partition coefficient (Wildman–Crippen LogP) is 4.62. The van der Waals surface area contributed by atoms with Crippen LogP contribution in [-0.4, -0.2) is 41.0 Å². The van der Waals surface area contributed by atoms with E-state index >= 15 is 0 Å². The number of fused-ring (bicyclic) bond motifs is 1. The van der Waals surface area contributed by atoms with Crippen molar-refractivity contribution in [3.05, 3.63) is 52.6 Å². The van der Waals surface area contributed by atoms with E-state index in [0.29, 0.717) is 67.1 Å². The molecular formula is C26H30O7. The van der Waals surface area contributed by atoms with Crippen LogP contribution in [0.1, 0.15) is 71.4 Å². The summed E-state index contributed by atoms with van der Waals surface area (Å²) in [6.07, 6.45) is 3.08. The number of aromatic hydroxyl groups is 1. The van der Waals surface area contributed by atoms with E-state index in [1.807, 2.05) is 13.0 Å². The van der Waals surface area contributed by atoms with Crippen molar-refractivity contribution in [1.29, 1.82) is 0 Å². The van der Waals surface area contributed by atoms with Gasteiger partial charge in [-0.3, -0.25) is 14.4 Å². The topological polar surface area (TPSA) is 110 Å². The molecule has 1 aliphatic carbocycles. The quantitative estimate of drug-likeness (QED) is 0.377. The molecule has 0 fully saturated rings. The lowest BCUT2D eigenvalue weighted by Gasteiger charge is -2.22.